The van der Waals surface area contributed by atoms with Gasteiger partial charge in [-0.05, 0) is 31.2 Å². The lowest BCUT2D eigenvalue weighted by atomic mass is 10.1. The highest BCUT2D eigenvalue weighted by Gasteiger charge is 2.15. The Balaban J connectivity index is 1.53. The SMILES string of the molecule is COc1ccc(CNCCCc2nc3ccccc3[nH]2)c(OC)c1OC. The van der Waals surface area contributed by atoms with Crippen molar-refractivity contribution in [1.29, 1.82) is 0 Å². The Kier molecular flexibility index (Phi) is 5.96. The molecule has 2 N–H and O–H groups in total. The summed E-state index contributed by atoms with van der Waals surface area (Å²) in [4.78, 5) is 7.96. The first kappa shape index (κ1) is 18.1. The van der Waals surface area contributed by atoms with E-state index in [2.05, 4.69) is 15.3 Å². The number of aromatic nitrogens is 2. The average Bonchev–Trinajstić information content (AvgIpc) is 3.09. The maximum Gasteiger partial charge on any atom is 0.203 e. The van der Waals surface area contributed by atoms with Gasteiger partial charge in [0.1, 0.15) is 5.82 Å². The number of hydrogen-bond donors (Lipinski definition) is 2. The van der Waals surface area contributed by atoms with Crippen LogP contribution in [0, 0.1) is 0 Å². The van der Waals surface area contributed by atoms with Crippen LogP contribution in [0.2, 0.25) is 0 Å². The summed E-state index contributed by atoms with van der Waals surface area (Å²) in [6.07, 6.45) is 1.90. The fourth-order valence-electron chi connectivity index (χ4n) is 3.03. The molecular formula is C20H25N3O3. The predicted octanol–water partition coefficient (Wildman–Crippen LogP) is 3.31. The average molecular weight is 355 g/mol. The number of hydrogen-bond acceptors (Lipinski definition) is 5. The zero-order chi connectivity index (χ0) is 18.4. The van der Waals surface area contributed by atoms with E-state index in [0.717, 1.165) is 41.8 Å². The maximum atomic E-state index is 5.51. The molecule has 0 aliphatic rings. The number of methoxy groups -OCH3 is 3. The van der Waals surface area contributed by atoms with Gasteiger partial charge in [0, 0.05) is 18.5 Å². The molecule has 26 heavy (non-hydrogen) atoms. The molecule has 0 saturated carbocycles. The molecule has 0 radical (unpaired) electrons. The molecule has 3 rings (SSSR count). The largest absolute Gasteiger partial charge is 0.493 e. The van der Waals surface area contributed by atoms with E-state index in [9.17, 15) is 0 Å². The summed E-state index contributed by atoms with van der Waals surface area (Å²) in [5.41, 5.74) is 3.14. The van der Waals surface area contributed by atoms with Gasteiger partial charge in [-0.25, -0.2) is 4.98 Å². The zero-order valence-electron chi connectivity index (χ0n) is 15.5. The number of aromatic amines is 1. The Hall–Kier alpha value is -2.73. The minimum Gasteiger partial charge on any atom is -0.493 e. The molecule has 0 amide bonds. The topological polar surface area (TPSA) is 68.4 Å². The first-order valence-corrected chi connectivity index (χ1v) is 8.69. The van der Waals surface area contributed by atoms with Gasteiger partial charge in [-0.3, -0.25) is 0 Å². The summed E-state index contributed by atoms with van der Waals surface area (Å²) in [5.74, 6) is 3.02. The lowest BCUT2D eigenvalue weighted by molar-refractivity contribution is 0.321. The van der Waals surface area contributed by atoms with Gasteiger partial charge in [0.05, 0.1) is 32.4 Å². The minimum atomic E-state index is 0.622. The molecule has 0 bridgehead atoms. The lowest BCUT2D eigenvalue weighted by Gasteiger charge is -2.16. The Morgan fingerprint density at radius 2 is 1.77 bits per heavy atom. The second-order valence-corrected chi connectivity index (χ2v) is 5.97. The van der Waals surface area contributed by atoms with E-state index in [1.165, 1.54) is 0 Å². The number of fused-ring (bicyclic) bond motifs is 1. The normalized spacial score (nSPS) is 10.9. The lowest BCUT2D eigenvalue weighted by Crippen LogP contribution is -2.16. The molecule has 1 heterocycles. The summed E-state index contributed by atoms with van der Waals surface area (Å²) in [6, 6.07) is 12.0. The smallest absolute Gasteiger partial charge is 0.203 e. The van der Waals surface area contributed by atoms with Crippen LogP contribution >= 0.6 is 0 Å². The van der Waals surface area contributed by atoms with Crippen molar-refractivity contribution in [2.75, 3.05) is 27.9 Å². The summed E-state index contributed by atoms with van der Waals surface area (Å²) >= 11 is 0. The number of ether oxygens (including phenoxy) is 3. The van der Waals surface area contributed by atoms with E-state index < -0.39 is 0 Å². The van der Waals surface area contributed by atoms with Gasteiger partial charge in [0.2, 0.25) is 5.75 Å². The molecule has 6 heteroatoms. The Labute approximate surface area is 153 Å². The van der Waals surface area contributed by atoms with Crippen molar-refractivity contribution in [1.82, 2.24) is 15.3 Å². The van der Waals surface area contributed by atoms with E-state index in [-0.39, 0.29) is 0 Å². The molecule has 0 atom stereocenters. The molecule has 0 unspecified atom stereocenters. The fourth-order valence-corrected chi connectivity index (χ4v) is 3.03. The maximum absolute atomic E-state index is 5.51. The van der Waals surface area contributed by atoms with E-state index in [4.69, 9.17) is 14.2 Å². The zero-order valence-corrected chi connectivity index (χ0v) is 15.5. The van der Waals surface area contributed by atoms with Gasteiger partial charge in [-0.1, -0.05) is 18.2 Å². The third-order valence-electron chi connectivity index (χ3n) is 4.31. The predicted molar refractivity (Wildman–Crippen MR) is 102 cm³/mol. The number of benzene rings is 2. The van der Waals surface area contributed by atoms with Crippen LogP contribution < -0.4 is 19.5 Å². The Morgan fingerprint density at radius 3 is 2.50 bits per heavy atom. The van der Waals surface area contributed by atoms with Crippen LogP contribution in [0.3, 0.4) is 0 Å². The molecule has 0 spiro atoms. The monoisotopic (exact) mass is 355 g/mol. The summed E-state index contributed by atoms with van der Waals surface area (Å²) in [7, 11) is 4.88. The molecule has 0 aliphatic carbocycles. The van der Waals surface area contributed by atoms with Gasteiger partial charge < -0.3 is 24.5 Å². The van der Waals surface area contributed by atoms with Crippen LogP contribution in [-0.2, 0) is 13.0 Å². The third kappa shape index (κ3) is 3.91. The molecule has 6 nitrogen and oxygen atoms in total. The van der Waals surface area contributed by atoms with Crippen molar-refractivity contribution < 1.29 is 14.2 Å². The standard InChI is InChI=1S/C20H25N3O3/c1-24-17-11-10-14(19(25-2)20(17)26-3)13-21-12-6-9-18-22-15-7-4-5-8-16(15)23-18/h4-5,7-8,10-11,21H,6,9,12-13H2,1-3H3,(H,22,23). The van der Waals surface area contributed by atoms with Crippen LogP contribution in [0.25, 0.3) is 11.0 Å². The van der Waals surface area contributed by atoms with Crippen molar-refractivity contribution in [3.8, 4) is 17.2 Å². The number of para-hydroxylation sites is 2. The van der Waals surface area contributed by atoms with Crippen molar-refractivity contribution in [3.63, 3.8) is 0 Å². The number of nitrogens with zero attached hydrogens (tertiary/aromatic N) is 1. The Bertz CT molecular complexity index is 828. The van der Waals surface area contributed by atoms with E-state index in [1.807, 2.05) is 36.4 Å². The fraction of sp³-hybridized carbons (Fsp3) is 0.350. The number of nitrogens with one attached hydrogen (secondary N) is 2. The van der Waals surface area contributed by atoms with Gasteiger partial charge in [-0.15, -0.1) is 0 Å². The van der Waals surface area contributed by atoms with Crippen LogP contribution in [0.1, 0.15) is 17.8 Å². The number of rotatable bonds is 9. The van der Waals surface area contributed by atoms with Crippen molar-refractivity contribution in [2.24, 2.45) is 0 Å². The molecule has 138 valence electrons. The molecule has 0 aliphatic heterocycles. The first-order valence-electron chi connectivity index (χ1n) is 8.69. The molecule has 1 aromatic heterocycles. The highest BCUT2D eigenvalue weighted by molar-refractivity contribution is 5.74. The van der Waals surface area contributed by atoms with Gasteiger partial charge >= 0.3 is 0 Å². The number of aryl methyl sites for hydroxylation is 1. The number of imidazole rings is 1. The van der Waals surface area contributed by atoms with E-state index in [0.29, 0.717) is 23.8 Å². The highest BCUT2D eigenvalue weighted by atomic mass is 16.5. The Morgan fingerprint density at radius 1 is 0.962 bits per heavy atom. The van der Waals surface area contributed by atoms with Gasteiger partial charge in [-0.2, -0.15) is 0 Å². The quantitative estimate of drug-likeness (QED) is 0.577. The molecule has 0 saturated heterocycles. The van der Waals surface area contributed by atoms with Gasteiger partial charge in [0.25, 0.3) is 0 Å². The molecular weight excluding hydrogens is 330 g/mol. The van der Waals surface area contributed by atoms with Crippen LogP contribution in [0.5, 0.6) is 17.2 Å². The third-order valence-corrected chi connectivity index (χ3v) is 4.31. The highest BCUT2D eigenvalue weighted by Crippen LogP contribution is 2.39. The van der Waals surface area contributed by atoms with Gasteiger partial charge in [0.15, 0.2) is 11.5 Å². The van der Waals surface area contributed by atoms with Crippen molar-refractivity contribution in [2.45, 2.75) is 19.4 Å². The second-order valence-electron chi connectivity index (χ2n) is 5.97. The summed E-state index contributed by atoms with van der Waals surface area (Å²) in [5, 5.41) is 3.45. The molecule has 3 aromatic rings. The number of H-pyrrole nitrogens is 1. The summed E-state index contributed by atoms with van der Waals surface area (Å²) in [6.45, 7) is 1.58. The van der Waals surface area contributed by atoms with Crippen LogP contribution in [-0.4, -0.2) is 37.8 Å². The minimum absolute atomic E-state index is 0.622. The molecule has 0 fully saturated rings. The first-order chi connectivity index (χ1) is 12.8. The summed E-state index contributed by atoms with van der Waals surface area (Å²) < 4.78 is 16.2. The van der Waals surface area contributed by atoms with Crippen molar-refractivity contribution in [3.05, 3.63) is 47.8 Å². The van der Waals surface area contributed by atoms with Crippen LogP contribution in [0.4, 0.5) is 0 Å². The van der Waals surface area contributed by atoms with Crippen LogP contribution in [0.15, 0.2) is 36.4 Å². The molecule has 2 aromatic carbocycles. The van der Waals surface area contributed by atoms with Crippen molar-refractivity contribution >= 4 is 11.0 Å². The van der Waals surface area contributed by atoms with E-state index >= 15 is 0 Å². The second kappa shape index (κ2) is 8.58. The van der Waals surface area contributed by atoms with E-state index in [1.54, 1.807) is 21.3 Å².